The average Bonchev–Trinajstić information content (AvgIpc) is 2.61. The number of thioether (sulfide) groups is 4. The van der Waals surface area contributed by atoms with Crippen molar-refractivity contribution in [3.05, 3.63) is 0 Å². The van der Waals surface area contributed by atoms with Crippen molar-refractivity contribution in [2.75, 3.05) is 82.8 Å². The molecule has 0 aromatic heterocycles. The second-order valence-electron chi connectivity index (χ2n) is 5.33. The largest absolute Gasteiger partial charge is 0.381 e. The molecule has 0 fully saturated rings. The Morgan fingerprint density at radius 2 is 0.800 bits per heavy atom. The van der Waals surface area contributed by atoms with Gasteiger partial charge in [-0.1, -0.05) is 0 Å². The average molecular weight is 508 g/mol. The van der Waals surface area contributed by atoms with Crippen LogP contribution >= 0.6 is 93.5 Å². The molecule has 0 heterocycles. The first kappa shape index (κ1) is 27.5. The van der Waals surface area contributed by atoms with Gasteiger partial charge in [-0.15, -0.1) is 46.4 Å². The standard InChI is InChI=1S/C16H30Cl4OS4/c17-1-5-22-11-15(12-23-6-2-18)9-21-10-16(13-24-7-3-19)14-25-8-4-20/h15-16H,1-14H2. The summed E-state index contributed by atoms with van der Waals surface area (Å²) in [7, 11) is 0. The maximum atomic E-state index is 6.10. The fraction of sp³-hybridized carbons (Fsp3) is 1.00. The molecule has 152 valence electrons. The van der Waals surface area contributed by atoms with E-state index in [4.69, 9.17) is 51.1 Å². The minimum atomic E-state index is 0.563. The van der Waals surface area contributed by atoms with E-state index in [1.54, 1.807) is 0 Å². The molecule has 0 aliphatic heterocycles. The quantitative estimate of drug-likeness (QED) is 0.144. The Morgan fingerprint density at radius 1 is 0.520 bits per heavy atom. The number of hydrogen-bond acceptors (Lipinski definition) is 5. The SMILES string of the molecule is ClCCSCC(COCC(CSCCCl)CSCCCl)CSCCCl. The molecule has 0 aromatic carbocycles. The third-order valence-corrected chi connectivity index (χ3v) is 9.46. The van der Waals surface area contributed by atoms with Crippen molar-refractivity contribution in [3.8, 4) is 0 Å². The molecule has 0 aliphatic rings. The third kappa shape index (κ3) is 19.6. The Kier molecular flexibility index (Phi) is 25.1. The summed E-state index contributed by atoms with van der Waals surface area (Å²) < 4.78 is 6.10. The van der Waals surface area contributed by atoms with Gasteiger partial charge in [0.1, 0.15) is 0 Å². The van der Waals surface area contributed by atoms with Gasteiger partial charge in [0.05, 0.1) is 13.2 Å². The lowest BCUT2D eigenvalue weighted by Gasteiger charge is -2.20. The zero-order valence-electron chi connectivity index (χ0n) is 14.6. The van der Waals surface area contributed by atoms with Gasteiger partial charge in [0, 0.05) is 58.4 Å². The van der Waals surface area contributed by atoms with Crippen molar-refractivity contribution in [1.82, 2.24) is 0 Å². The van der Waals surface area contributed by atoms with Crippen molar-refractivity contribution < 1.29 is 4.74 Å². The summed E-state index contributed by atoms with van der Waals surface area (Å²) in [5.41, 5.74) is 0. The van der Waals surface area contributed by atoms with Crippen LogP contribution in [0.2, 0.25) is 0 Å². The number of hydrogen-bond donors (Lipinski definition) is 0. The number of ether oxygens (including phenoxy) is 1. The maximum Gasteiger partial charge on any atom is 0.0510 e. The van der Waals surface area contributed by atoms with Crippen molar-refractivity contribution >= 4 is 93.5 Å². The normalized spacial score (nSPS) is 11.8. The highest BCUT2D eigenvalue weighted by Gasteiger charge is 2.13. The fourth-order valence-corrected chi connectivity index (χ4v) is 6.81. The van der Waals surface area contributed by atoms with E-state index in [1.807, 2.05) is 47.0 Å². The van der Waals surface area contributed by atoms with E-state index < -0.39 is 0 Å². The first-order valence-corrected chi connectivity index (χ1v) is 15.2. The van der Waals surface area contributed by atoms with Crippen LogP contribution in [0.25, 0.3) is 0 Å². The van der Waals surface area contributed by atoms with Gasteiger partial charge in [0.25, 0.3) is 0 Å². The monoisotopic (exact) mass is 506 g/mol. The molecule has 9 heteroatoms. The van der Waals surface area contributed by atoms with Gasteiger partial charge < -0.3 is 4.74 Å². The van der Waals surface area contributed by atoms with Gasteiger partial charge in [0.15, 0.2) is 0 Å². The molecule has 25 heavy (non-hydrogen) atoms. The highest BCUT2D eigenvalue weighted by atomic mass is 35.5. The fourth-order valence-electron chi connectivity index (χ4n) is 1.91. The molecule has 0 aromatic rings. The molecule has 0 unspecified atom stereocenters. The van der Waals surface area contributed by atoms with Gasteiger partial charge >= 0.3 is 0 Å². The van der Waals surface area contributed by atoms with E-state index in [1.165, 1.54) is 0 Å². The molecule has 0 saturated heterocycles. The lowest BCUT2D eigenvalue weighted by Crippen LogP contribution is -2.21. The van der Waals surface area contributed by atoms with Gasteiger partial charge in [-0.2, -0.15) is 47.0 Å². The van der Waals surface area contributed by atoms with Crippen LogP contribution in [-0.2, 0) is 4.74 Å². The van der Waals surface area contributed by atoms with E-state index in [-0.39, 0.29) is 0 Å². The topological polar surface area (TPSA) is 9.23 Å². The predicted molar refractivity (Wildman–Crippen MR) is 130 cm³/mol. The lowest BCUT2D eigenvalue weighted by atomic mass is 10.2. The van der Waals surface area contributed by atoms with Crippen molar-refractivity contribution in [2.45, 2.75) is 0 Å². The summed E-state index contributed by atoms with van der Waals surface area (Å²) in [4.78, 5) is 0. The molecular weight excluding hydrogens is 478 g/mol. The summed E-state index contributed by atoms with van der Waals surface area (Å²) in [6.45, 7) is 1.64. The van der Waals surface area contributed by atoms with Crippen LogP contribution in [0.1, 0.15) is 0 Å². The van der Waals surface area contributed by atoms with E-state index in [0.29, 0.717) is 35.4 Å². The Hall–Kier alpha value is 2.52. The minimum Gasteiger partial charge on any atom is -0.381 e. The van der Waals surface area contributed by atoms with Crippen LogP contribution in [0.3, 0.4) is 0 Å². The second-order valence-corrected chi connectivity index (χ2v) is 11.4. The summed E-state index contributed by atoms with van der Waals surface area (Å²) in [5.74, 6) is 12.4. The third-order valence-electron chi connectivity index (χ3n) is 3.01. The molecule has 0 radical (unpaired) electrons. The molecule has 0 amide bonds. The molecule has 0 saturated carbocycles. The molecule has 0 atom stereocenters. The highest BCUT2D eigenvalue weighted by Crippen LogP contribution is 2.19. The Balaban J connectivity index is 4.13. The van der Waals surface area contributed by atoms with Crippen LogP contribution in [0.15, 0.2) is 0 Å². The van der Waals surface area contributed by atoms with E-state index >= 15 is 0 Å². The summed E-state index contributed by atoms with van der Waals surface area (Å²) >= 11 is 30.8. The zero-order chi connectivity index (χ0) is 18.6. The van der Waals surface area contributed by atoms with Crippen molar-refractivity contribution in [3.63, 3.8) is 0 Å². The molecule has 0 aliphatic carbocycles. The van der Waals surface area contributed by atoms with Crippen LogP contribution in [0.4, 0.5) is 0 Å². The highest BCUT2D eigenvalue weighted by molar-refractivity contribution is 8.00. The molecule has 0 bridgehead atoms. The maximum absolute atomic E-state index is 6.10. The first-order valence-electron chi connectivity index (χ1n) is 8.41. The minimum absolute atomic E-state index is 0.563. The van der Waals surface area contributed by atoms with Crippen LogP contribution in [0, 0.1) is 11.8 Å². The summed E-state index contributed by atoms with van der Waals surface area (Å²) in [6, 6.07) is 0. The number of alkyl halides is 4. The number of halogens is 4. The van der Waals surface area contributed by atoms with Gasteiger partial charge in [-0.3, -0.25) is 0 Å². The predicted octanol–water partition coefficient (Wildman–Crippen LogP) is 6.12. The van der Waals surface area contributed by atoms with Crippen LogP contribution in [-0.4, -0.2) is 82.8 Å². The summed E-state index contributed by atoms with van der Waals surface area (Å²) in [6.07, 6.45) is 0. The molecule has 0 N–H and O–H groups in total. The van der Waals surface area contributed by atoms with Gasteiger partial charge in [-0.25, -0.2) is 0 Å². The van der Waals surface area contributed by atoms with Crippen molar-refractivity contribution in [2.24, 2.45) is 11.8 Å². The van der Waals surface area contributed by atoms with E-state index in [2.05, 4.69) is 0 Å². The first-order chi connectivity index (χ1) is 12.3. The molecule has 0 spiro atoms. The summed E-state index contributed by atoms with van der Waals surface area (Å²) in [5, 5.41) is 0. The molecular formula is C16H30Cl4OS4. The Labute approximate surface area is 191 Å². The second kappa shape index (κ2) is 22.8. The zero-order valence-corrected chi connectivity index (χ0v) is 20.9. The van der Waals surface area contributed by atoms with Gasteiger partial charge in [0.2, 0.25) is 0 Å². The number of rotatable bonds is 20. The van der Waals surface area contributed by atoms with Crippen LogP contribution < -0.4 is 0 Å². The van der Waals surface area contributed by atoms with E-state index in [0.717, 1.165) is 59.2 Å². The van der Waals surface area contributed by atoms with Crippen molar-refractivity contribution in [1.29, 1.82) is 0 Å². The lowest BCUT2D eigenvalue weighted by molar-refractivity contribution is 0.0929. The van der Waals surface area contributed by atoms with Gasteiger partial charge in [-0.05, 0) is 23.0 Å². The van der Waals surface area contributed by atoms with Crippen LogP contribution in [0.5, 0.6) is 0 Å². The Morgan fingerprint density at radius 3 is 1.04 bits per heavy atom. The smallest absolute Gasteiger partial charge is 0.0510 e. The molecule has 0 rings (SSSR count). The molecule has 1 nitrogen and oxygen atoms in total. The van der Waals surface area contributed by atoms with E-state index in [9.17, 15) is 0 Å². The Bertz CT molecular complexity index is 224.